The summed E-state index contributed by atoms with van der Waals surface area (Å²) in [5, 5.41) is 4.89. The topological polar surface area (TPSA) is 28.3 Å². The highest BCUT2D eigenvalue weighted by Gasteiger charge is 2.52. The Morgan fingerprint density at radius 2 is 0.787 bits per heavy atom. The van der Waals surface area contributed by atoms with Crippen LogP contribution >= 0.6 is 0 Å². The van der Waals surface area contributed by atoms with E-state index in [-0.39, 0.29) is 0 Å². The predicted octanol–water partition coefficient (Wildman–Crippen LogP) is 9.85. The molecule has 6 aromatic carbocycles. The molecule has 0 spiro atoms. The molecule has 0 aliphatic carbocycles. The number of para-hydroxylation sites is 4. The minimum Gasteiger partial charge on any atom is -0.399 e. The smallest absolute Gasteiger partial charge is 0.399 e. The molecular formula is C42H35BN2O2. The molecule has 1 aliphatic rings. The molecule has 2 aromatic heterocycles. The van der Waals surface area contributed by atoms with Gasteiger partial charge in [0.25, 0.3) is 0 Å². The third kappa shape index (κ3) is 4.17. The molecule has 0 unspecified atom stereocenters. The molecule has 1 fully saturated rings. The first kappa shape index (κ1) is 28.2. The number of fused-ring (bicyclic) bond motifs is 6. The summed E-state index contributed by atoms with van der Waals surface area (Å²) in [6, 6.07) is 50.2. The van der Waals surface area contributed by atoms with Gasteiger partial charge in [-0.25, -0.2) is 0 Å². The van der Waals surface area contributed by atoms with Crippen LogP contribution in [0.25, 0.3) is 66.1 Å². The van der Waals surface area contributed by atoms with Crippen molar-refractivity contribution in [1.29, 1.82) is 0 Å². The zero-order valence-electron chi connectivity index (χ0n) is 27.1. The fraction of sp³-hybridized carbons (Fsp3) is 0.143. The summed E-state index contributed by atoms with van der Waals surface area (Å²) in [4.78, 5) is 0. The average Bonchev–Trinajstić information content (AvgIpc) is 3.68. The summed E-state index contributed by atoms with van der Waals surface area (Å²) in [6.07, 6.45) is 0. The zero-order valence-corrected chi connectivity index (χ0v) is 27.1. The maximum atomic E-state index is 6.75. The molecule has 0 bridgehead atoms. The standard InChI is InChI=1S/C42H35BN2O2/c1-41(2)42(3,4)47-43(46-41)29-26-38(44-34-22-12-8-18-30(34)31-19-9-13-23-35(31)44)40(28-16-6-5-7-17-28)39(27-29)45-36-24-14-10-20-32(36)33-21-11-15-25-37(33)45/h5-27H,1-4H3. The van der Waals surface area contributed by atoms with Gasteiger partial charge in [-0.15, -0.1) is 0 Å². The summed E-state index contributed by atoms with van der Waals surface area (Å²) in [5.74, 6) is 0. The maximum absolute atomic E-state index is 6.75. The van der Waals surface area contributed by atoms with Crippen LogP contribution in [-0.4, -0.2) is 27.5 Å². The van der Waals surface area contributed by atoms with Gasteiger partial charge in [0.15, 0.2) is 0 Å². The van der Waals surface area contributed by atoms with Crippen LogP contribution in [0.1, 0.15) is 27.7 Å². The van der Waals surface area contributed by atoms with E-state index in [1.807, 2.05) is 0 Å². The van der Waals surface area contributed by atoms with Crippen molar-refractivity contribution < 1.29 is 9.31 Å². The van der Waals surface area contributed by atoms with E-state index < -0.39 is 18.3 Å². The van der Waals surface area contributed by atoms with Gasteiger partial charge in [0, 0.05) is 27.1 Å². The normalized spacial score (nSPS) is 15.8. The van der Waals surface area contributed by atoms with E-state index in [4.69, 9.17) is 9.31 Å². The molecule has 1 aliphatic heterocycles. The van der Waals surface area contributed by atoms with E-state index in [0.717, 1.165) is 50.0 Å². The number of aromatic nitrogens is 2. The summed E-state index contributed by atoms with van der Waals surface area (Å²) in [7, 11) is -0.538. The zero-order chi connectivity index (χ0) is 31.9. The van der Waals surface area contributed by atoms with Crippen molar-refractivity contribution in [2.24, 2.45) is 0 Å². The van der Waals surface area contributed by atoms with Crippen LogP contribution in [0.5, 0.6) is 0 Å². The summed E-state index contributed by atoms with van der Waals surface area (Å²) >= 11 is 0. The van der Waals surface area contributed by atoms with Crippen LogP contribution < -0.4 is 5.46 Å². The lowest BCUT2D eigenvalue weighted by Crippen LogP contribution is -2.41. The van der Waals surface area contributed by atoms with Crippen molar-refractivity contribution >= 4 is 56.2 Å². The minimum absolute atomic E-state index is 0.476. The summed E-state index contributed by atoms with van der Waals surface area (Å²) < 4.78 is 18.4. The minimum atomic E-state index is -0.538. The van der Waals surface area contributed by atoms with Gasteiger partial charge in [0.2, 0.25) is 0 Å². The molecule has 5 heteroatoms. The highest BCUT2D eigenvalue weighted by atomic mass is 16.7. The highest BCUT2D eigenvalue weighted by molar-refractivity contribution is 6.62. The van der Waals surface area contributed by atoms with Crippen LogP contribution in [0.15, 0.2) is 140 Å². The predicted molar refractivity (Wildman–Crippen MR) is 196 cm³/mol. The Labute approximate surface area is 274 Å². The van der Waals surface area contributed by atoms with Crippen LogP contribution in [0.2, 0.25) is 0 Å². The van der Waals surface area contributed by atoms with E-state index in [9.17, 15) is 0 Å². The van der Waals surface area contributed by atoms with E-state index in [0.29, 0.717) is 0 Å². The van der Waals surface area contributed by atoms with Gasteiger partial charge in [-0.3, -0.25) is 0 Å². The van der Waals surface area contributed by atoms with Gasteiger partial charge in [0.1, 0.15) is 0 Å². The van der Waals surface area contributed by atoms with Gasteiger partial charge < -0.3 is 18.4 Å². The molecule has 0 N–H and O–H groups in total. The molecule has 0 atom stereocenters. The van der Waals surface area contributed by atoms with Gasteiger partial charge in [0.05, 0.1) is 44.6 Å². The van der Waals surface area contributed by atoms with Crippen molar-refractivity contribution in [2.45, 2.75) is 38.9 Å². The fourth-order valence-electron chi connectivity index (χ4n) is 7.37. The Kier molecular flexibility index (Phi) is 6.11. The lowest BCUT2D eigenvalue weighted by Gasteiger charge is -2.32. The van der Waals surface area contributed by atoms with E-state index in [2.05, 4.69) is 176 Å². The average molecular weight is 611 g/mol. The lowest BCUT2D eigenvalue weighted by atomic mass is 9.77. The Morgan fingerprint density at radius 1 is 0.447 bits per heavy atom. The molecule has 0 saturated carbocycles. The van der Waals surface area contributed by atoms with Gasteiger partial charge in [-0.1, -0.05) is 103 Å². The molecule has 0 radical (unpaired) electrons. The van der Waals surface area contributed by atoms with Crippen LogP contribution in [0.3, 0.4) is 0 Å². The Morgan fingerprint density at radius 3 is 1.17 bits per heavy atom. The summed E-state index contributed by atoms with van der Waals surface area (Å²) in [5.41, 5.74) is 9.11. The van der Waals surface area contributed by atoms with Gasteiger partial charge in [-0.2, -0.15) is 0 Å². The van der Waals surface area contributed by atoms with Crippen LogP contribution in [-0.2, 0) is 9.31 Å². The third-order valence-electron chi connectivity index (χ3n) is 10.3. The number of hydrogen-bond donors (Lipinski definition) is 0. The molecule has 228 valence electrons. The molecule has 4 nitrogen and oxygen atoms in total. The number of nitrogens with zero attached hydrogens (tertiary/aromatic N) is 2. The van der Waals surface area contributed by atoms with Crippen molar-refractivity contribution in [3.8, 4) is 22.5 Å². The summed E-state index contributed by atoms with van der Waals surface area (Å²) in [6.45, 7) is 8.47. The molecule has 8 aromatic rings. The first-order valence-electron chi connectivity index (χ1n) is 16.4. The number of hydrogen-bond acceptors (Lipinski definition) is 2. The first-order valence-corrected chi connectivity index (χ1v) is 16.4. The fourth-order valence-corrected chi connectivity index (χ4v) is 7.37. The van der Waals surface area contributed by atoms with Crippen molar-refractivity contribution in [3.63, 3.8) is 0 Å². The first-order chi connectivity index (χ1) is 22.8. The Hall–Kier alpha value is -5.10. The van der Waals surface area contributed by atoms with Gasteiger partial charge in [-0.05, 0) is 75.1 Å². The highest BCUT2D eigenvalue weighted by Crippen LogP contribution is 2.43. The van der Waals surface area contributed by atoms with Crippen molar-refractivity contribution in [3.05, 3.63) is 140 Å². The molecule has 0 amide bonds. The van der Waals surface area contributed by atoms with E-state index in [1.165, 1.54) is 21.5 Å². The van der Waals surface area contributed by atoms with Gasteiger partial charge >= 0.3 is 7.12 Å². The Balaban J connectivity index is 1.48. The lowest BCUT2D eigenvalue weighted by molar-refractivity contribution is 0.00578. The maximum Gasteiger partial charge on any atom is 0.494 e. The molecule has 9 rings (SSSR count). The molecular weight excluding hydrogens is 575 g/mol. The molecule has 3 heterocycles. The second-order valence-electron chi connectivity index (χ2n) is 13.6. The molecule has 1 saturated heterocycles. The van der Waals surface area contributed by atoms with E-state index >= 15 is 0 Å². The monoisotopic (exact) mass is 610 g/mol. The second-order valence-corrected chi connectivity index (χ2v) is 13.6. The van der Waals surface area contributed by atoms with Crippen molar-refractivity contribution in [2.75, 3.05) is 0 Å². The molecule has 47 heavy (non-hydrogen) atoms. The largest absolute Gasteiger partial charge is 0.494 e. The van der Waals surface area contributed by atoms with Crippen molar-refractivity contribution in [1.82, 2.24) is 9.13 Å². The second kappa shape index (κ2) is 10.2. The number of benzene rings is 6. The Bertz CT molecular complexity index is 2230. The third-order valence-corrected chi connectivity index (χ3v) is 10.3. The van der Waals surface area contributed by atoms with Crippen LogP contribution in [0.4, 0.5) is 0 Å². The SMILES string of the molecule is CC1(C)OB(c2cc(-n3c4ccccc4c4ccccc43)c(-c3ccccc3)c(-n3c4ccccc4c4ccccc43)c2)OC1(C)C. The van der Waals surface area contributed by atoms with Crippen LogP contribution in [0, 0.1) is 0 Å². The quantitative estimate of drug-likeness (QED) is 0.186. The van der Waals surface area contributed by atoms with E-state index in [1.54, 1.807) is 0 Å². The number of rotatable bonds is 4.